The van der Waals surface area contributed by atoms with Gasteiger partial charge in [-0.25, -0.2) is 0 Å². The van der Waals surface area contributed by atoms with Crippen molar-refractivity contribution in [3.05, 3.63) is 35.4 Å². The van der Waals surface area contributed by atoms with Crippen molar-refractivity contribution < 1.29 is 0 Å². The van der Waals surface area contributed by atoms with Crippen LogP contribution in [0.3, 0.4) is 0 Å². The van der Waals surface area contributed by atoms with Crippen LogP contribution in [0, 0.1) is 5.92 Å². The summed E-state index contributed by atoms with van der Waals surface area (Å²) in [6.45, 7) is 1.24. The molecule has 1 fully saturated rings. The maximum absolute atomic E-state index is 6.55. The molecule has 0 heterocycles. The van der Waals surface area contributed by atoms with Crippen LogP contribution in [0.4, 0.5) is 0 Å². The molecule has 0 aliphatic heterocycles. The molecule has 1 saturated carbocycles. The van der Waals surface area contributed by atoms with Crippen molar-refractivity contribution >= 4 is 0 Å². The van der Waals surface area contributed by atoms with Crippen LogP contribution >= 0.6 is 0 Å². The quantitative estimate of drug-likeness (QED) is 0.912. The van der Waals surface area contributed by atoms with Crippen LogP contribution in [0.1, 0.15) is 55.7 Å². The largest absolute Gasteiger partial charge is 0.323 e. The highest BCUT2D eigenvalue weighted by atomic mass is 15.1. The number of nitrogens with two attached hydrogens (primary N) is 1. The Labute approximate surface area is 123 Å². The molecule has 2 unspecified atom stereocenters. The number of benzene rings is 1. The second kappa shape index (κ2) is 6.28. The lowest BCUT2D eigenvalue weighted by Gasteiger charge is -2.39. The van der Waals surface area contributed by atoms with E-state index >= 15 is 0 Å². The van der Waals surface area contributed by atoms with Crippen LogP contribution < -0.4 is 5.73 Å². The van der Waals surface area contributed by atoms with Gasteiger partial charge >= 0.3 is 0 Å². The molecule has 2 aliphatic carbocycles. The Morgan fingerprint density at radius 2 is 1.85 bits per heavy atom. The van der Waals surface area contributed by atoms with Gasteiger partial charge in [-0.15, -0.1) is 0 Å². The van der Waals surface area contributed by atoms with Gasteiger partial charge in [0, 0.05) is 18.6 Å². The molecule has 0 spiro atoms. The molecule has 2 nitrogen and oxygen atoms in total. The summed E-state index contributed by atoms with van der Waals surface area (Å²) in [5.41, 5.74) is 9.39. The summed E-state index contributed by atoms with van der Waals surface area (Å²) in [5.74, 6) is 0.901. The van der Waals surface area contributed by atoms with Gasteiger partial charge in [-0.2, -0.15) is 0 Å². The molecule has 2 heteroatoms. The first-order valence-corrected chi connectivity index (χ1v) is 8.29. The molecule has 2 atom stereocenters. The van der Waals surface area contributed by atoms with Crippen LogP contribution in [0.15, 0.2) is 24.3 Å². The van der Waals surface area contributed by atoms with Crippen molar-refractivity contribution in [2.24, 2.45) is 11.7 Å². The van der Waals surface area contributed by atoms with Crippen LogP contribution in [0.25, 0.3) is 0 Å². The molecule has 0 aromatic heterocycles. The number of nitrogens with zero attached hydrogens (tertiary/aromatic N) is 1. The fourth-order valence-corrected chi connectivity index (χ4v) is 4.18. The van der Waals surface area contributed by atoms with Crippen molar-refractivity contribution in [1.82, 2.24) is 4.90 Å². The number of fused-ring (bicyclic) bond motifs is 1. The summed E-state index contributed by atoms with van der Waals surface area (Å²) >= 11 is 0. The molecular weight excluding hydrogens is 244 g/mol. The van der Waals surface area contributed by atoms with Crippen LogP contribution in [-0.2, 0) is 6.42 Å². The van der Waals surface area contributed by atoms with E-state index < -0.39 is 0 Å². The monoisotopic (exact) mass is 272 g/mol. The summed E-state index contributed by atoms with van der Waals surface area (Å²) < 4.78 is 0. The highest BCUT2D eigenvalue weighted by molar-refractivity contribution is 5.33. The highest BCUT2D eigenvalue weighted by Crippen LogP contribution is 2.32. The molecule has 1 aromatic carbocycles. The van der Waals surface area contributed by atoms with Crippen molar-refractivity contribution in [3.8, 4) is 0 Å². The van der Waals surface area contributed by atoms with Gasteiger partial charge in [-0.3, -0.25) is 0 Å². The number of likely N-dealkylation sites (N-methyl/N-ethyl adjacent to an activating group) is 1. The Hall–Kier alpha value is -0.860. The van der Waals surface area contributed by atoms with Gasteiger partial charge in [-0.1, -0.05) is 43.5 Å². The van der Waals surface area contributed by atoms with E-state index in [1.165, 1.54) is 62.6 Å². The fraction of sp³-hybridized carbons (Fsp3) is 0.667. The normalized spacial score (nSPS) is 27.6. The lowest BCUT2D eigenvalue weighted by molar-refractivity contribution is 0.149. The number of hydrogen-bond donors (Lipinski definition) is 1. The van der Waals surface area contributed by atoms with Gasteiger partial charge in [-0.05, 0) is 49.8 Å². The van der Waals surface area contributed by atoms with E-state index in [1.807, 2.05) is 0 Å². The van der Waals surface area contributed by atoms with Gasteiger partial charge in [0.05, 0.1) is 0 Å². The standard InChI is InChI=1S/C18H28N2/c1-20(13-14-7-3-2-4-8-14)17-12-11-15-9-5-6-10-16(15)18(17)19/h5-6,9-10,14,17-18H,2-4,7-8,11-13,19H2,1H3. The SMILES string of the molecule is CN(CC1CCCCC1)C1CCc2ccccc2C1N. The first-order chi connectivity index (χ1) is 9.75. The van der Waals surface area contributed by atoms with Crippen molar-refractivity contribution in [2.75, 3.05) is 13.6 Å². The summed E-state index contributed by atoms with van der Waals surface area (Å²) in [6.07, 6.45) is 9.53. The lowest BCUT2D eigenvalue weighted by Crippen LogP contribution is -2.45. The summed E-state index contributed by atoms with van der Waals surface area (Å²) in [6, 6.07) is 9.44. The van der Waals surface area contributed by atoms with Crippen molar-refractivity contribution in [2.45, 2.75) is 57.0 Å². The van der Waals surface area contributed by atoms with Crippen LogP contribution in [-0.4, -0.2) is 24.5 Å². The zero-order valence-corrected chi connectivity index (χ0v) is 12.7. The average Bonchev–Trinajstić information content (AvgIpc) is 2.49. The Kier molecular flexibility index (Phi) is 4.42. The molecular formula is C18H28N2. The Balaban J connectivity index is 1.65. The topological polar surface area (TPSA) is 29.3 Å². The van der Waals surface area contributed by atoms with Gasteiger partial charge < -0.3 is 10.6 Å². The number of hydrogen-bond acceptors (Lipinski definition) is 2. The maximum atomic E-state index is 6.55. The third-order valence-corrected chi connectivity index (χ3v) is 5.38. The lowest BCUT2D eigenvalue weighted by atomic mass is 9.83. The molecule has 110 valence electrons. The Morgan fingerprint density at radius 1 is 1.10 bits per heavy atom. The van der Waals surface area contributed by atoms with Crippen molar-refractivity contribution in [3.63, 3.8) is 0 Å². The number of rotatable bonds is 3. The molecule has 20 heavy (non-hydrogen) atoms. The molecule has 1 aromatic rings. The first kappa shape index (κ1) is 14.1. The molecule has 3 rings (SSSR count). The highest BCUT2D eigenvalue weighted by Gasteiger charge is 2.30. The molecule has 0 bridgehead atoms. The van der Waals surface area contributed by atoms with Gasteiger partial charge in [0.15, 0.2) is 0 Å². The Bertz CT molecular complexity index is 437. The van der Waals surface area contributed by atoms with E-state index in [9.17, 15) is 0 Å². The van der Waals surface area contributed by atoms with Crippen LogP contribution in [0.5, 0.6) is 0 Å². The predicted octanol–water partition coefficient (Wildman–Crippen LogP) is 3.51. The summed E-state index contributed by atoms with van der Waals surface area (Å²) in [7, 11) is 2.28. The van der Waals surface area contributed by atoms with Gasteiger partial charge in [0.2, 0.25) is 0 Å². The van der Waals surface area contributed by atoms with Gasteiger partial charge in [0.1, 0.15) is 0 Å². The molecule has 0 amide bonds. The number of aryl methyl sites for hydroxylation is 1. The smallest absolute Gasteiger partial charge is 0.0455 e. The minimum absolute atomic E-state index is 0.188. The second-order valence-electron chi connectivity index (χ2n) is 6.77. The third-order valence-electron chi connectivity index (χ3n) is 5.38. The van der Waals surface area contributed by atoms with E-state index in [4.69, 9.17) is 5.73 Å². The van der Waals surface area contributed by atoms with E-state index in [-0.39, 0.29) is 6.04 Å². The fourth-order valence-electron chi connectivity index (χ4n) is 4.18. The second-order valence-corrected chi connectivity index (χ2v) is 6.77. The predicted molar refractivity (Wildman–Crippen MR) is 84.7 cm³/mol. The Morgan fingerprint density at radius 3 is 2.65 bits per heavy atom. The maximum Gasteiger partial charge on any atom is 0.0455 e. The first-order valence-electron chi connectivity index (χ1n) is 8.29. The minimum atomic E-state index is 0.188. The van der Waals surface area contributed by atoms with E-state index in [1.54, 1.807) is 0 Å². The average molecular weight is 272 g/mol. The van der Waals surface area contributed by atoms with E-state index in [2.05, 4.69) is 36.2 Å². The zero-order valence-electron chi connectivity index (χ0n) is 12.7. The van der Waals surface area contributed by atoms with E-state index in [0.717, 1.165) is 5.92 Å². The molecule has 0 saturated heterocycles. The third kappa shape index (κ3) is 2.91. The van der Waals surface area contributed by atoms with Gasteiger partial charge in [0.25, 0.3) is 0 Å². The summed E-state index contributed by atoms with van der Waals surface area (Å²) in [4.78, 5) is 2.55. The zero-order chi connectivity index (χ0) is 13.9. The minimum Gasteiger partial charge on any atom is -0.323 e. The summed E-state index contributed by atoms with van der Waals surface area (Å²) in [5, 5.41) is 0. The molecule has 2 N–H and O–H groups in total. The molecule has 0 radical (unpaired) electrons. The van der Waals surface area contributed by atoms with Crippen molar-refractivity contribution in [1.29, 1.82) is 0 Å². The molecule has 2 aliphatic rings. The van der Waals surface area contributed by atoms with Crippen LogP contribution in [0.2, 0.25) is 0 Å². The van der Waals surface area contributed by atoms with E-state index in [0.29, 0.717) is 6.04 Å².